The third kappa shape index (κ3) is 1.40. The van der Waals surface area contributed by atoms with Gasteiger partial charge in [0.25, 0.3) is 0 Å². The van der Waals surface area contributed by atoms with Crippen LogP contribution in [0.4, 0.5) is 0 Å². The van der Waals surface area contributed by atoms with Crippen molar-refractivity contribution in [1.82, 2.24) is 0 Å². The summed E-state index contributed by atoms with van der Waals surface area (Å²) in [4.78, 5) is 11.0. The molecule has 0 amide bonds. The van der Waals surface area contributed by atoms with Gasteiger partial charge in [0.15, 0.2) is 5.78 Å². The molecule has 0 aromatic carbocycles. The molecule has 1 aliphatic carbocycles. The quantitative estimate of drug-likeness (QED) is 0.697. The monoisotopic (exact) mass is 188 g/mol. The fourth-order valence-corrected chi connectivity index (χ4v) is 2.13. The van der Waals surface area contributed by atoms with Gasteiger partial charge < -0.3 is 0 Å². The lowest BCUT2D eigenvalue weighted by atomic mass is 10.1. The van der Waals surface area contributed by atoms with Crippen molar-refractivity contribution in [3.63, 3.8) is 0 Å². The second-order valence-corrected chi connectivity index (χ2v) is 3.52. The van der Waals surface area contributed by atoms with Gasteiger partial charge in [-0.2, -0.15) is 11.3 Å². The van der Waals surface area contributed by atoms with Gasteiger partial charge in [0, 0.05) is 0 Å². The van der Waals surface area contributed by atoms with Gasteiger partial charge in [-0.1, -0.05) is 18.7 Å². The summed E-state index contributed by atoms with van der Waals surface area (Å²) in [5.74, 6) is 0.0659. The molecule has 0 atom stereocenters. The molecular weight excluding hydrogens is 180 g/mol. The average molecular weight is 188 g/mol. The molecule has 1 aliphatic rings. The fraction of sp³-hybridized carbons (Fsp3) is 0. The summed E-state index contributed by atoms with van der Waals surface area (Å²) in [5.41, 5.74) is 3.18. The average Bonchev–Trinajstić information content (AvgIpc) is 2.71. The molecule has 0 fully saturated rings. The molecule has 2 rings (SSSR count). The predicted molar refractivity (Wildman–Crippen MR) is 56.5 cm³/mol. The summed E-state index contributed by atoms with van der Waals surface area (Å²) in [6, 6.07) is 0. The SMILES string of the molecule is C=Cc1cscc1C1=CC(=O)C=C1. The lowest BCUT2D eigenvalue weighted by molar-refractivity contribution is -0.110. The Bertz CT molecular complexity index is 421. The zero-order chi connectivity index (χ0) is 9.26. The highest BCUT2D eigenvalue weighted by atomic mass is 32.1. The Morgan fingerprint density at radius 2 is 2.15 bits per heavy atom. The van der Waals surface area contributed by atoms with Crippen LogP contribution in [0, 0.1) is 0 Å². The summed E-state index contributed by atoms with van der Waals surface area (Å²) in [6.07, 6.45) is 6.88. The number of allylic oxidation sites excluding steroid dienone is 4. The highest BCUT2D eigenvalue weighted by Crippen LogP contribution is 2.27. The molecule has 1 heterocycles. The minimum atomic E-state index is 0.0659. The van der Waals surface area contributed by atoms with Gasteiger partial charge in [-0.25, -0.2) is 0 Å². The maximum absolute atomic E-state index is 11.0. The topological polar surface area (TPSA) is 17.1 Å². The largest absolute Gasteiger partial charge is 0.290 e. The van der Waals surface area contributed by atoms with Crippen LogP contribution in [0.2, 0.25) is 0 Å². The minimum absolute atomic E-state index is 0.0659. The Kier molecular flexibility index (Phi) is 1.99. The molecule has 1 nitrogen and oxygen atoms in total. The van der Waals surface area contributed by atoms with Crippen molar-refractivity contribution < 1.29 is 4.79 Å². The molecule has 0 unspecified atom stereocenters. The second kappa shape index (κ2) is 3.15. The van der Waals surface area contributed by atoms with Gasteiger partial charge in [-0.15, -0.1) is 0 Å². The molecule has 0 saturated heterocycles. The fourth-order valence-electron chi connectivity index (χ4n) is 1.29. The van der Waals surface area contributed by atoms with Crippen LogP contribution in [0.3, 0.4) is 0 Å². The van der Waals surface area contributed by atoms with Crippen LogP contribution in [0.15, 0.2) is 35.6 Å². The predicted octanol–water partition coefficient (Wildman–Crippen LogP) is 2.91. The van der Waals surface area contributed by atoms with E-state index in [-0.39, 0.29) is 5.78 Å². The molecule has 2 heteroatoms. The van der Waals surface area contributed by atoms with Crippen molar-refractivity contribution in [3.05, 3.63) is 46.7 Å². The number of ketones is 1. The highest BCUT2D eigenvalue weighted by Gasteiger charge is 2.09. The van der Waals surface area contributed by atoms with E-state index in [9.17, 15) is 4.79 Å². The number of hydrogen-bond acceptors (Lipinski definition) is 2. The Balaban J connectivity index is 2.47. The van der Waals surface area contributed by atoms with Crippen molar-refractivity contribution in [2.24, 2.45) is 0 Å². The van der Waals surface area contributed by atoms with Crippen molar-refractivity contribution in [1.29, 1.82) is 0 Å². The van der Waals surface area contributed by atoms with E-state index in [1.807, 2.05) is 22.9 Å². The van der Waals surface area contributed by atoms with Gasteiger partial charge in [0.1, 0.15) is 0 Å². The van der Waals surface area contributed by atoms with E-state index < -0.39 is 0 Å². The smallest absolute Gasteiger partial charge is 0.179 e. The van der Waals surface area contributed by atoms with E-state index in [0.717, 1.165) is 16.7 Å². The lowest BCUT2D eigenvalue weighted by Crippen LogP contribution is -1.80. The molecule has 0 aliphatic heterocycles. The van der Waals surface area contributed by atoms with Crippen LogP contribution in [-0.2, 0) is 4.79 Å². The lowest BCUT2D eigenvalue weighted by Gasteiger charge is -1.96. The Hall–Kier alpha value is -1.41. The standard InChI is InChI=1S/C11H8OS/c1-2-8-6-13-7-11(8)9-3-4-10(12)5-9/h2-7H,1H2. The van der Waals surface area contributed by atoms with Crippen LogP contribution in [0.5, 0.6) is 0 Å². The number of carbonyl (C=O) groups excluding carboxylic acids is 1. The van der Waals surface area contributed by atoms with Gasteiger partial charge in [0.05, 0.1) is 0 Å². The maximum Gasteiger partial charge on any atom is 0.179 e. The van der Waals surface area contributed by atoms with E-state index in [1.165, 1.54) is 0 Å². The molecule has 1 aromatic rings. The Morgan fingerprint density at radius 1 is 1.31 bits per heavy atom. The van der Waals surface area contributed by atoms with Gasteiger partial charge in [0.2, 0.25) is 0 Å². The van der Waals surface area contributed by atoms with Crippen molar-refractivity contribution in [3.8, 4) is 0 Å². The first-order chi connectivity index (χ1) is 6.31. The minimum Gasteiger partial charge on any atom is -0.290 e. The first kappa shape index (κ1) is 8.20. The highest BCUT2D eigenvalue weighted by molar-refractivity contribution is 7.08. The molecule has 0 N–H and O–H groups in total. The summed E-state index contributed by atoms with van der Waals surface area (Å²) >= 11 is 1.62. The zero-order valence-corrected chi connectivity index (χ0v) is 7.80. The van der Waals surface area contributed by atoms with E-state index in [1.54, 1.807) is 23.5 Å². The molecule has 0 saturated carbocycles. The van der Waals surface area contributed by atoms with E-state index >= 15 is 0 Å². The van der Waals surface area contributed by atoms with Crippen LogP contribution in [0.25, 0.3) is 11.6 Å². The van der Waals surface area contributed by atoms with Crippen molar-refractivity contribution in [2.45, 2.75) is 0 Å². The molecule has 13 heavy (non-hydrogen) atoms. The van der Waals surface area contributed by atoms with Crippen molar-refractivity contribution in [2.75, 3.05) is 0 Å². The number of carbonyl (C=O) groups is 1. The summed E-state index contributed by atoms with van der Waals surface area (Å²) in [7, 11) is 0. The van der Waals surface area contributed by atoms with E-state index in [2.05, 4.69) is 6.58 Å². The van der Waals surface area contributed by atoms with Crippen LogP contribution < -0.4 is 0 Å². The Labute approximate surface area is 80.7 Å². The summed E-state index contributed by atoms with van der Waals surface area (Å²) in [5, 5.41) is 4.06. The van der Waals surface area contributed by atoms with Gasteiger partial charge in [-0.05, 0) is 39.6 Å². The van der Waals surface area contributed by atoms with Gasteiger partial charge in [-0.3, -0.25) is 4.79 Å². The summed E-state index contributed by atoms with van der Waals surface area (Å²) in [6.45, 7) is 3.72. The third-order valence-corrected chi connectivity index (χ3v) is 2.71. The first-order valence-corrected chi connectivity index (χ1v) is 4.88. The number of rotatable bonds is 2. The molecule has 0 bridgehead atoms. The molecule has 0 radical (unpaired) electrons. The molecular formula is C11H8OS. The molecule has 1 aromatic heterocycles. The van der Waals surface area contributed by atoms with Crippen molar-refractivity contribution >= 4 is 28.8 Å². The Morgan fingerprint density at radius 3 is 2.77 bits per heavy atom. The van der Waals surface area contributed by atoms with Crippen LogP contribution in [0.1, 0.15) is 11.1 Å². The normalized spacial score (nSPS) is 14.8. The second-order valence-electron chi connectivity index (χ2n) is 2.78. The first-order valence-electron chi connectivity index (χ1n) is 3.94. The van der Waals surface area contributed by atoms with Crippen LogP contribution in [-0.4, -0.2) is 5.78 Å². The number of thiophene rings is 1. The zero-order valence-electron chi connectivity index (χ0n) is 6.99. The van der Waals surface area contributed by atoms with Crippen LogP contribution >= 0.6 is 11.3 Å². The number of hydrogen-bond donors (Lipinski definition) is 0. The maximum atomic E-state index is 11.0. The molecule has 64 valence electrons. The van der Waals surface area contributed by atoms with Gasteiger partial charge >= 0.3 is 0 Å². The molecule has 0 spiro atoms. The summed E-state index contributed by atoms with van der Waals surface area (Å²) < 4.78 is 0. The third-order valence-electron chi connectivity index (χ3n) is 1.95. The van der Waals surface area contributed by atoms with E-state index in [0.29, 0.717) is 0 Å². The van der Waals surface area contributed by atoms with E-state index in [4.69, 9.17) is 0 Å².